The van der Waals surface area contributed by atoms with Crippen molar-refractivity contribution in [1.82, 2.24) is 9.55 Å². The summed E-state index contributed by atoms with van der Waals surface area (Å²) in [6.45, 7) is 3.60. The predicted octanol–water partition coefficient (Wildman–Crippen LogP) is 4.58. The lowest BCUT2D eigenvalue weighted by Crippen LogP contribution is -2.06. The molecule has 1 aromatic carbocycles. The lowest BCUT2D eigenvalue weighted by molar-refractivity contribution is 0.719. The zero-order valence-corrected chi connectivity index (χ0v) is 12.8. The van der Waals surface area contributed by atoms with Crippen LogP contribution in [0.25, 0.3) is 0 Å². The van der Waals surface area contributed by atoms with Gasteiger partial charge in [0, 0.05) is 17.2 Å². The third-order valence-electron chi connectivity index (χ3n) is 2.59. The van der Waals surface area contributed by atoms with Crippen LogP contribution in [0.15, 0.2) is 29.1 Å². The Balaban J connectivity index is 2.16. The van der Waals surface area contributed by atoms with Crippen molar-refractivity contribution in [1.29, 1.82) is 0 Å². The van der Waals surface area contributed by atoms with Crippen LogP contribution in [0.2, 0.25) is 10.0 Å². The van der Waals surface area contributed by atoms with Gasteiger partial charge in [0.1, 0.15) is 0 Å². The van der Waals surface area contributed by atoms with Gasteiger partial charge in [0.2, 0.25) is 0 Å². The van der Waals surface area contributed by atoms with Gasteiger partial charge in [0.15, 0.2) is 0 Å². The molecule has 6 heteroatoms. The van der Waals surface area contributed by atoms with E-state index in [0.717, 1.165) is 22.4 Å². The summed E-state index contributed by atoms with van der Waals surface area (Å²) in [6, 6.07) is 3.62. The summed E-state index contributed by atoms with van der Waals surface area (Å²) in [5.74, 6) is 0. The molecule has 2 rings (SSSR count). The van der Waals surface area contributed by atoms with Crippen LogP contribution in [0.1, 0.15) is 12.6 Å². The zero-order chi connectivity index (χ0) is 13.1. The summed E-state index contributed by atoms with van der Waals surface area (Å²) in [5.41, 5.74) is 1.83. The largest absolute Gasteiger partial charge is 0.377 e. The molecule has 0 amide bonds. The van der Waals surface area contributed by atoms with Gasteiger partial charge in [-0.1, -0.05) is 39.1 Å². The number of anilines is 1. The third kappa shape index (κ3) is 2.99. The first-order chi connectivity index (χ1) is 8.61. The van der Waals surface area contributed by atoms with Crippen LogP contribution in [0.5, 0.6) is 0 Å². The molecule has 0 bridgehead atoms. The van der Waals surface area contributed by atoms with Crippen molar-refractivity contribution in [3.05, 3.63) is 44.9 Å². The molecule has 0 atom stereocenters. The number of hydrogen-bond donors (Lipinski definition) is 1. The topological polar surface area (TPSA) is 29.9 Å². The van der Waals surface area contributed by atoms with Crippen molar-refractivity contribution in [2.24, 2.45) is 0 Å². The van der Waals surface area contributed by atoms with Crippen LogP contribution in [0, 0.1) is 0 Å². The van der Waals surface area contributed by atoms with E-state index in [1.807, 2.05) is 24.7 Å². The molecule has 0 spiro atoms. The normalized spacial score (nSPS) is 10.7. The van der Waals surface area contributed by atoms with Crippen LogP contribution in [0.3, 0.4) is 0 Å². The molecule has 0 fully saturated rings. The number of nitrogens with zero attached hydrogens (tertiary/aromatic N) is 2. The van der Waals surface area contributed by atoms with Crippen LogP contribution >= 0.6 is 39.1 Å². The van der Waals surface area contributed by atoms with Crippen LogP contribution < -0.4 is 5.32 Å². The molecular formula is C12H12BrCl2N3. The fourth-order valence-electron chi connectivity index (χ4n) is 1.67. The molecule has 1 heterocycles. The number of aromatic nitrogens is 2. The summed E-state index contributed by atoms with van der Waals surface area (Å²) in [5, 5.41) is 4.43. The minimum Gasteiger partial charge on any atom is -0.377 e. The van der Waals surface area contributed by atoms with Gasteiger partial charge in [-0.15, -0.1) is 0 Å². The minimum atomic E-state index is 0.594. The van der Waals surface area contributed by atoms with Crippen molar-refractivity contribution in [2.45, 2.75) is 20.0 Å². The lowest BCUT2D eigenvalue weighted by Gasteiger charge is -2.12. The number of rotatable bonds is 4. The van der Waals surface area contributed by atoms with Gasteiger partial charge in [-0.25, -0.2) is 4.98 Å². The number of halogens is 3. The molecule has 96 valence electrons. The summed E-state index contributed by atoms with van der Waals surface area (Å²) in [4.78, 5) is 4.11. The highest BCUT2D eigenvalue weighted by Gasteiger charge is 2.08. The maximum absolute atomic E-state index is 6.15. The van der Waals surface area contributed by atoms with Gasteiger partial charge < -0.3 is 9.88 Å². The maximum atomic E-state index is 6.15. The number of nitrogens with one attached hydrogen (secondary N) is 1. The Bertz CT molecular complexity index is 531. The van der Waals surface area contributed by atoms with E-state index >= 15 is 0 Å². The summed E-state index contributed by atoms with van der Waals surface area (Å²) in [6.07, 6.45) is 3.64. The highest BCUT2D eigenvalue weighted by atomic mass is 79.9. The van der Waals surface area contributed by atoms with Crippen molar-refractivity contribution in [2.75, 3.05) is 5.32 Å². The van der Waals surface area contributed by atoms with E-state index in [4.69, 9.17) is 23.2 Å². The third-order valence-corrected chi connectivity index (χ3v) is 3.65. The van der Waals surface area contributed by atoms with Gasteiger partial charge in [-0.3, -0.25) is 0 Å². The first kappa shape index (κ1) is 13.7. The average Bonchev–Trinajstić information content (AvgIpc) is 2.75. The molecule has 0 saturated heterocycles. The molecular weight excluding hydrogens is 337 g/mol. The van der Waals surface area contributed by atoms with Crippen molar-refractivity contribution >= 4 is 44.8 Å². The minimum absolute atomic E-state index is 0.594. The molecule has 3 nitrogen and oxygen atoms in total. The number of benzene rings is 1. The Kier molecular flexibility index (Phi) is 4.54. The molecule has 0 aliphatic rings. The predicted molar refractivity (Wildman–Crippen MR) is 79.4 cm³/mol. The van der Waals surface area contributed by atoms with Gasteiger partial charge in [0.25, 0.3) is 0 Å². The monoisotopic (exact) mass is 347 g/mol. The van der Waals surface area contributed by atoms with Crippen molar-refractivity contribution in [3.63, 3.8) is 0 Å². The molecule has 0 aliphatic heterocycles. The fourth-order valence-corrected chi connectivity index (χ4v) is 3.01. The molecule has 18 heavy (non-hydrogen) atoms. The molecule has 0 aliphatic carbocycles. The summed E-state index contributed by atoms with van der Waals surface area (Å²) in [7, 11) is 0. The van der Waals surface area contributed by atoms with Crippen molar-refractivity contribution < 1.29 is 0 Å². The number of imidazole rings is 1. The average molecular weight is 349 g/mol. The second kappa shape index (κ2) is 5.95. The SMILES string of the molecule is CCn1cncc1CNc1c(Cl)cc(Br)cc1Cl. The van der Waals surface area contributed by atoms with E-state index in [2.05, 4.69) is 37.7 Å². The lowest BCUT2D eigenvalue weighted by atomic mass is 10.3. The van der Waals surface area contributed by atoms with E-state index in [1.165, 1.54) is 0 Å². The zero-order valence-electron chi connectivity index (χ0n) is 9.75. The second-order valence-electron chi connectivity index (χ2n) is 3.77. The van der Waals surface area contributed by atoms with Crippen LogP contribution in [-0.4, -0.2) is 9.55 Å². The standard InChI is InChI=1S/C12H12BrCl2N3/c1-2-18-7-16-5-9(18)6-17-12-10(14)3-8(13)4-11(12)15/h3-5,7,17H,2,6H2,1H3. The van der Waals surface area contributed by atoms with E-state index < -0.39 is 0 Å². The Morgan fingerprint density at radius 3 is 2.61 bits per heavy atom. The fraction of sp³-hybridized carbons (Fsp3) is 0.250. The smallest absolute Gasteiger partial charge is 0.0948 e. The molecule has 0 radical (unpaired) electrons. The van der Waals surface area contributed by atoms with Crippen molar-refractivity contribution in [3.8, 4) is 0 Å². The van der Waals surface area contributed by atoms with E-state index in [0.29, 0.717) is 16.6 Å². The van der Waals surface area contributed by atoms with E-state index in [1.54, 1.807) is 0 Å². The van der Waals surface area contributed by atoms with Crippen LogP contribution in [0.4, 0.5) is 5.69 Å². The quantitative estimate of drug-likeness (QED) is 0.876. The summed E-state index contributed by atoms with van der Waals surface area (Å²) < 4.78 is 2.93. The first-order valence-electron chi connectivity index (χ1n) is 5.49. The molecule has 0 unspecified atom stereocenters. The molecule has 1 aromatic heterocycles. The Morgan fingerprint density at radius 1 is 1.33 bits per heavy atom. The first-order valence-corrected chi connectivity index (χ1v) is 7.04. The van der Waals surface area contributed by atoms with Gasteiger partial charge in [0.05, 0.1) is 34.3 Å². The van der Waals surface area contributed by atoms with E-state index in [-0.39, 0.29) is 0 Å². The molecule has 2 aromatic rings. The van der Waals surface area contributed by atoms with Gasteiger partial charge in [-0.2, -0.15) is 0 Å². The number of hydrogen-bond acceptors (Lipinski definition) is 2. The van der Waals surface area contributed by atoms with Crippen LogP contribution in [-0.2, 0) is 13.1 Å². The summed E-state index contributed by atoms with van der Waals surface area (Å²) >= 11 is 15.6. The van der Waals surface area contributed by atoms with Gasteiger partial charge >= 0.3 is 0 Å². The van der Waals surface area contributed by atoms with E-state index in [9.17, 15) is 0 Å². The molecule has 0 saturated carbocycles. The highest BCUT2D eigenvalue weighted by molar-refractivity contribution is 9.10. The molecule has 1 N–H and O–H groups in total. The number of aryl methyl sites for hydroxylation is 1. The highest BCUT2D eigenvalue weighted by Crippen LogP contribution is 2.34. The maximum Gasteiger partial charge on any atom is 0.0948 e. The Labute approximate surface area is 124 Å². The Morgan fingerprint density at radius 2 is 2.00 bits per heavy atom. The Hall–Kier alpha value is -0.710. The van der Waals surface area contributed by atoms with Gasteiger partial charge in [-0.05, 0) is 19.1 Å². The second-order valence-corrected chi connectivity index (χ2v) is 5.50.